The van der Waals surface area contributed by atoms with Crippen molar-refractivity contribution < 1.29 is 0 Å². The molecular formula is C19H10N4S. The first kappa shape index (κ1) is 12.5. The van der Waals surface area contributed by atoms with Crippen LogP contribution in [0, 0.1) is 0 Å². The molecule has 0 spiro atoms. The van der Waals surface area contributed by atoms with Gasteiger partial charge in [0.25, 0.3) is 0 Å². The van der Waals surface area contributed by atoms with Crippen LogP contribution in [-0.4, -0.2) is 15.1 Å². The van der Waals surface area contributed by atoms with Gasteiger partial charge in [-0.3, -0.25) is 4.90 Å². The van der Waals surface area contributed by atoms with E-state index in [1.165, 1.54) is 10.8 Å². The molecule has 112 valence electrons. The van der Waals surface area contributed by atoms with Crippen LogP contribution in [0.2, 0.25) is 0 Å². The third kappa shape index (κ3) is 1.52. The van der Waals surface area contributed by atoms with E-state index in [1.54, 1.807) is 11.8 Å². The second-order valence-electron chi connectivity index (χ2n) is 5.83. The fourth-order valence-electron chi connectivity index (χ4n) is 3.39. The van der Waals surface area contributed by atoms with E-state index in [0.717, 1.165) is 38.4 Å². The highest BCUT2D eigenvalue weighted by Crippen LogP contribution is 2.50. The lowest BCUT2D eigenvalue weighted by molar-refractivity contribution is 1.10. The van der Waals surface area contributed by atoms with Crippen LogP contribution >= 0.6 is 11.8 Å². The average molecular weight is 326 g/mol. The fraction of sp³-hybridized carbons (Fsp3) is 0. The van der Waals surface area contributed by atoms with Gasteiger partial charge in [0.05, 0.1) is 22.4 Å². The van der Waals surface area contributed by atoms with Crippen LogP contribution in [-0.2, 0) is 0 Å². The lowest BCUT2D eigenvalue weighted by atomic mass is 10.1. The lowest BCUT2D eigenvalue weighted by Gasteiger charge is -2.24. The van der Waals surface area contributed by atoms with Crippen molar-refractivity contribution in [3.8, 4) is 0 Å². The molecule has 2 aliphatic heterocycles. The molecule has 3 aromatic carbocycles. The van der Waals surface area contributed by atoms with Gasteiger partial charge in [-0.1, -0.05) is 36.4 Å². The van der Waals surface area contributed by atoms with Crippen molar-refractivity contribution in [3.63, 3.8) is 0 Å². The van der Waals surface area contributed by atoms with E-state index in [-0.39, 0.29) is 0 Å². The van der Waals surface area contributed by atoms with Crippen molar-refractivity contribution in [3.05, 3.63) is 60.7 Å². The van der Waals surface area contributed by atoms with Gasteiger partial charge >= 0.3 is 0 Å². The Morgan fingerprint density at radius 3 is 2.46 bits per heavy atom. The van der Waals surface area contributed by atoms with Crippen LogP contribution in [0.4, 0.5) is 17.2 Å². The van der Waals surface area contributed by atoms with Gasteiger partial charge in [0, 0.05) is 5.39 Å². The molecule has 0 saturated carbocycles. The minimum Gasteiger partial charge on any atom is -0.270 e. The molecular weight excluding hydrogens is 316 g/mol. The zero-order chi connectivity index (χ0) is 15.7. The van der Waals surface area contributed by atoms with E-state index in [2.05, 4.69) is 41.3 Å². The highest BCUT2D eigenvalue weighted by molar-refractivity contribution is 8.14. The molecule has 1 aromatic heterocycles. The monoisotopic (exact) mass is 326 g/mol. The number of hydrogen-bond acceptors (Lipinski definition) is 5. The second kappa shape index (κ2) is 4.33. The molecule has 4 aromatic rings. The Kier molecular flexibility index (Phi) is 2.26. The van der Waals surface area contributed by atoms with E-state index in [1.807, 2.05) is 24.3 Å². The summed E-state index contributed by atoms with van der Waals surface area (Å²) in [5, 5.41) is 4.20. The summed E-state index contributed by atoms with van der Waals surface area (Å²) in [4.78, 5) is 16.6. The van der Waals surface area contributed by atoms with E-state index < -0.39 is 0 Å². The Morgan fingerprint density at radius 2 is 1.58 bits per heavy atom. The summed E-state index contributed by atoms with van der Waals surface area (Å²) in [6.45, 7) is 0. The Morgan fingerprint density at radius 1 is 0.792 bits per heavy atom. The van der Waals surface area contributed by atoms with Gasteiger partial charge in [-0.25, -0.2) is 15.0 Å². The van der Waals surface area contributed by atoms with Gasteiger partial charge in [0.15, 0.2) is 11.0 Å². The maximum absolute atomic E-state index is 4.86. The number of fused-ring (bicyclic) bond motifs is 5. The number of thioether (sulfide) groups is 1. The Balaban J connectivity index is 1.70. The number of benzene rings is 3. The summed E-state index contributed by atoms with van der Waals surface area (Å²) in [6.07, 6.45) is 0. The van der Waals surface area contributed by atoms with Crippen LogP contribution in [0.5, 0.6) is 0 Å². The summed E-state index contributed by atoms with van der Waals surface area (Å²) in [5.41, 5.74) is 3.96. The minimum absolute atomic E-state index is 0.874. The third-order valence-corrected chi connectivity index (χ3v) is 5.35. The number of rotatable bonds is 0. The van der Waals surface area contributed by atoms with Gasteiger partial charge in [-0.05, 0) is 41.4 Å². The third-order valence-electron chi connectivity index (χ3n) is 4.43. The molecule has 0 N–H and O–H groups in total. The van der Waals surface area contributed by atoms with E-state index >= 15 is 0 Å². The molecule has 0 unspecified atom stereocenters. The van der Waals surface area contributed by atoms with Gasteiger partial charge in [0.2, 0.25) is 0 Å². The molecule has 0 aliphatic carbocycles. The molecule has 24 heavy (non-hydrogen) atoms. The highest BCUT2D eigenvalue weighted by atomic mass is 32.2. The van der Waals surface area contributed by atoms with Crippen LogP contribution < -0.4 is 4.90 Å². The maximum Gasteiger partial charge on any atom is 0.181 e. The largest absolute Gasteiger partial charge is 0.270 e. The predicted octanol–water partition coefficient (Wildman–Crippen LogP) is 5.03. The standard InChI is InChI=1S/C19H10N4S/c1-2-8-13-12(7-1)20-17-18(21-13)24-19-22-14-9-3-5-11-6-4-10-15(16(11)14)23(17)19/h1-10H. The summed E-state index contributed by atoms with van der Waals surface area (Å²) in [6, 6.07) is 20.6. The zero-order valence-corrected chi connectivity index (χ0v) is 13.3. The number of anilines is 2. The smallest absolute Gasteiger partial charge is 0.181 e. The topological polar surface area (TPSA) is 41.4 Å². The summed E-state index contributed by atoms with van der Waals surface area (Å²) >= 11 is 1.58. The molecule has 5 heteroatoms. The number of amidine groups is 1. The molecule has 0 radical (unpaired) electrons. The average Bonchev–Trinajstić information content (AvgIpc) is 2.97. The van der Waals surface area contributed by atoms with Crippen LogP contribution in [0.15, 0.2) is 70.7 Å². The van der Waals surface area contributed by atoms with Crippen molar-refractivity contribution in [1.82, 2.24) is 9.97 Å². The summed E-state index contributed by atoms with van der Waals surface area (Å²) in [7, 11) is 0. The number of aromatic nitrogens is 2. The van der Waals surface area contributed by atoms with Crippen LogP contribution in [0.3, 0.4) is 0 Å². The molecule has 0 fully saturated rings. The lowest BCUT2D eigenvalue weighted by Crippen LogP contribution is -2.21. The molecule has 2 aliphatic rings. The number of hydrogen-bond donors (Lipinski definition) is 0. The van der Waals surface area contributed by atoms with Crippen LogP contribution in [0.1, 0.15) is 0 Å². The molecule has 0 saturated heterocycles. The predicted molar refractivity (Wildman–Crippen MR) is 98.6 cm³/mol. The van der Waals surface area contributed by atoms with Crippen LogP contribution in [0.25, 0.3) is 21.8 Å². The first-order valence-corrected chi connectivity index (χ1v) is 8.55. The van der Waals surface area contributed by atoms with Gasteiger partial charge < -0.3 is 0 Å². The maximum atomic E-state index is 4.86. The van der Waals surface area contributed by atoms with E-state index in [4.69, 9.17) is 15.0 Å². The fourth-order valence-corrected chi connectivity index (χ4v) is 4.35. The summed E-state index contributed by atoms with van der Waals surface area (Å²) < 4.78 is 0. The van der Waals surface area contributed by atoms with Crippen molar-refractivity contribution in [1.29, 1.82) is 0 Å². The number of para-hydroxylation sites is 2. The highest BCUT2D eigenvalue weighted by Gasteiger charge is 2.35. The van der Waals surface area contributed by atoms with Crippen molar-refractivity contribution in [2.45, 2.75) is 5.03 Å². The van der Waals surface area contributed by atoms with Gasteiger partial charge in [-0.15, -0.1) is 0 Å². The first-order chi connectivity index (χ1) is 11.9. The first-order valence-electron chi connectivity index (χ1n) is 7.74. The Labute approximate surface area is 141 Å². The number of aliphatic imine (C=N–C) groups is 1. The van der Waals surface area contributed by atoms with E-state index in [0.29, 0.717) is 0 Å². The molecule has 0 amide bonds. The SMILES string of the molecule is c1cc2c3c(cccc3c1)N1C(=N2)Sc2nc3ccccc3nc21. The Bertz CT molecular complexity index is 1190. The number of nitrogens with zero attached hydrogens (tertiary/aromatic N) is 4. The molecule has 4 nitrogen and oxygen atoms in total. The molecule has 3 heterocycles. The van der Waals surface area contributed by atoms with Crippen molar-refractivity contribution in [2.75, 3.05) is 4.90 Å². The molecule has 6 rings (SSSR count). The van der Waals surface area contributed by atoms with Crippen molar-refractivity contribution in [2.24, 2.45) is 4.99 Å². The quantitative estimate of drug-likeness (QED) is 0.454. The summed E-state index contributed by atoms with van der Waals surface area (Å²) in [5.74, 6) is 0.874. The van der Waals surface area contributed by atoms with Crippen molar-refractivity contribution >= 4 is 55.9 Å². The molecule has 0 bridgehead atoms. The second-order valence-corrected chi connectivity index (χ2v) is 6.78. The molecule has 0 atom stereocenters. The zero-order valence-electron chi connectivity index (χ0n) is 12.5. The van der Waals surface area contributed by atoms with Gasteiger partial charge in [-0.2, -0.15) is 0 Å². The van der Waals surface area contributed by atoms with E-state index in [9.17, 15) is 0 Å². The Hall–Kier alpha value is -2.92. The minimum atomic E-state index is 0.874. The normalized spacial score (nSPS) is 14.7. The van der Waals surface area contributed by atoms with Gasteiger partial charge in [0.1, 0.15) is 5.03 Å².